The normalized spacial score (nSPS) is 18.4. The molecule has 1 atom stereocenters. The van der Waals surface area contributed by atoms with Gasteiger partial charge in [0.1, 0.15) is 0 Å². The summed E-state index contributed by atoms with van der Waals surface area (Å²) in [5.41, 5.74) is 8.09. The zero-order valence-corrected chi connectivity index (χ0v) is 16.9. The number of primary amides is 1. The number of rotatable bonds is 5. The van der Waals surface area contributed by atoms with E-state index in [1.165, 1.54) is 0 Å². The number of ether oxygens (including phenoxy) is 2. The van der Waals surface area contributed by atoms with Crippen molar-refractivity contribution >= 4 is 17.5 Å². The SMILES string of the molecule is NC(=O)C1CCCN(c2ccc(CNC(=O)c3ccc4c(c3)OCCCO4)cc2)C1. The highest BCUT2D eigenvalue weighted by molar-refractivity contribution is 5.94. The summed E-state index contributed by atoms with van der Waals surface area (Å²) >= 11 is 0. The Morgan fingerprint density at radius 1 is 1.03 bits per heavy atom. The van der Waals surface area contributed by atoms with Crippen LogP contribution in [0.15, 0.2) is 42.5 Å². The van der Waals surface area contributed by atoms with E-state index in [2.05, 4.69) is 10.2 Å². The van der Waals surface area contributed by atoms with Crippen molar-refractivity contribution < 1.29 is 19.1 Å². The van der Waals surface area contributed by atoms with Gasteiger partial charge in [-0.2, -0.15) is 0 Å². The molecule has 0 saturated carbocycles. The van der Waals surface area contributed by atoms with Crippen LogP contribution < -0.4 is 25.4 Å². The van der Waals surface area contributed by atoms with Gasteiger partial charge >= 0.3 is 0 Å². The Labute approximate surface area is 176 Å². The van der Waals surface area contributed by atoms with Gasteiger partial charge in [-0.1, -0.05) is 12.1 Å². The van der Waals surface area contributed by atoms with Crippen LogP contribution in [0.3, 0.4) is 0 Å². The molecule has 0 aromatic heterocycles. The zero-order valence-electron chi connectivity index (χ0n) is 16.9. The van der Waals surface area contributed by atoms with E-state index < -0.39 is 0 Å². The van der Waals surface area contributed by atoms with E-state index in [0.29, 0.717) is 43.4 Å². The van der Waals surface area contributed by atoms with Crippen LogP contribution in [0, 0.1) is 5.92 Å². The third kappa shape index (κ3) is 4.67. The molecule has 0 radical (unpaired) electrons. The predicted octanol–water partition coefficient (Wildman–Crippen LogP) is 2.48. The molecule has 1 fully saturated rings. The number of nitrogens with zero attached hydrogens (tertiary/aromatic N) is 1. The standard InChI is InChI=1S/C23H27N3O4/c24-22(27)18-3-1-10-26(15-18)19-7-4-16(5-8-19)14-25-23(28)17-6-9-20-21(13-17)30-12-2-11-29-20/h4-9,13,18H,1-3,10-12,14-15H2,(H2,24,27)(H,25,28). The first-order valence-electron chi connectivity index (χ1n) is 10.4. The molecule has 2 aromatic carbocycles. The summed E-state index contributed by atoms with van der Waals surface area (Å²) < 4.78 is 11.3. The number of nitrogens with one attached hydrogen (secondary N) is 1. The molecular formula is C23H27N3O4. The van der Waals surface area contributed by atoms with Crippen molar-refractivity contribution in [1.82, 2.24) is 5.32 Å². The van der Waals surface area contributed by atoms with Gasteiger partial charge in [0, 0.05) is 37.3 Å². The average Bonchev–Trinajstić information content (AvgIpc) is 3.03. The van der Waals surface area contributed by atoms with Crippen molar-refractivity contribution in [2.45, 2.75) is 25.8 Å². The summed E-state index contributed by atoms with van der Waals surface area (Å²) in [5.74, 6) is 0.813. The summed E-state index contributed by atoms with van der Waals surface area (Å²) in [7, 11) is 0. The van der Waals surface area contributed by atoms with Gasteiger partial charge in [-0.3, -0.25) is 9.59 Å². The average molecular weight is 409 g/mol. The smallest absolute Gasteiger partial charge is 0.251 e. The van der Waals surface area contributed by atoms with Gasteiger partial charge in [0.25, 0.3) is 5.91 Å². The van der Waals surface area contributed by atoms with Crippen molar-refractivity contribution in [3.8, 4) is 11.5 Å². The number of piperidine rings is 1. The molecule has 158 valence electrons. The summed E-state index contributed by atoms with van der Waals surface area (Å²) in [6.45, 7) is 3.22. The maximum Gasteiger partial charge on any atom is 0.251 e. The van der Waals surface area contributed by atoms with Gasteiger partial charge in [0.2, 0.25) is 5.91 Å². The monoisotopic (exact) mass is 409 g/mol. The zero-order chi connectivity index (χ0) is 20.9. The van der Waals surface area contributed by atoms with Crippen molar-refractivity contribution in [1.29, 1.82) is 0 Å². The maximum atomic E-state index is 12.5. The van der Waals surface area contributed by atoms with E-state index >= 15 is 0 Å². The molecule has 0 spiro atoms. The van der Waals surface area contributed by atoms with Gasteiger partial charge in [-0.05, 0) is 48.7 Å². The first-order valence-corrected chi connectivity index (χ1v) is 10.4. The lowest BCUT2D eigenvalue weighted by atomic mass is 9.97. The molecular weight excluding hydrogens is 382 g/mol. The third-order valence-electron chi connectivity index (χ3n) is 5.59. The lowest BCUT2D eigenvalue weighted by Crippen LogP contribution is -2.41. The summed E-state index contributed by atoms with van der Waals surface area (Å²) in [5, 5.41) is 2.95. The molecule has 0 bridgehead atoms. The number of carbonyl (C=O) groups is 2. The first-order chi connectivity index (χ1) is 14.6. The Morgan fingerprint density at radius 2 is 1.80 bits per heavy atom. The number of amides is 2. The number of nitrogens with two attached hydrogens (primary N) is 1. The number of benzene rings is 2. The maximum absolute atomic E-state index is 12.5. The van der Waals surface area contributed by atoms with E-state index in [-0.39, 0.29) is 17.7 Å². The molecule has 2 heterocycles. The Hall–Kier alpha value is -3.22. The van der Waals surface area contributed by atoms with E-state index in [0.717, 1.165) is 37.1 Å². The van der Waals surface area contributed by atoms with Gasteiger partial charge in [0.15, 0.2) is 11.5 Å². The molecule has 2 aliphatic heterocycles. The topological polar surface area (TPSA) is 93.9 Å². The van der Waals surface area contributed by atoms with Gasteiger partial charge < -0.3 is 25.4 Å². The van der Waals surface area contributed by atoms with Crippen LogP contribution in [0.1, 0.15) is 35.2 Å². The summed E-state index contributed by atoms with van der Waals surface area (Å²) in [6.07, 6.45) is 2.64. The highest BCUT2D eigenvalue weighted by Gasteiger charge is 2.24. The first kappa shape index (κ1) is 20.1. The van der Waals surface area contributed by atoms with E-state index in [4.69, 9.17) is 15.2 Å². The van der Waals surface area contributed by atoms with Crippen LogP contribution in [-0.4, -0.2) is 38.1 Å². The second-order valence-corrected chi connectivity index (χ2v) is 7.75. The fourth-order valence-corrected chi connectivity index (χ4v) is 3.86. The highest BCUT2D eigenvalue weighted by atomic mass is 16.5. The van der Waals surface area contributed by atoms with Gasteiger partial charge in [-0.15, -0.1) is 0 Å². The lowest BCUT2D eigenvalue weighted by molar-refractivity contribution is -0.122. The summed E-state index contributed by atoms with van der Waals surface area (Å²) in [4.78, 5) is 26.2. The van der Waals surface area contributed by atoms with Crippen molar-refractivity contribution in [2.24, 2.45) is 11.7 Å². The molecule has 0 aliphatic carbocycles. The Morgan fingerprint density at radius 3 is 2.57 bits per heavy atom. The second-order valence-electron chi connectivity index (χ2n) is 7.75. The van der Waals surface area contributed by atoms with Crippen LogP contribution in [0.2, 0.25) is 0 Å². The van der Waals surface area contributed by atoms with Crippen LogP contribution >= 0.6 is 0 Å². The minimum absolute atomic E-state index is 0.0898. The largest absolute Gasteiger partial charge is 0.490 e. The van der Waals surface area contributed by atoms with Crippen molar-refractivity contribution in [2.75, 3.05) is 31.2 Å². The Kier molecular flexibility index (Phi) is 6.07. The fourth-order valence-electron chi connectivity index (χ4n) is 3.86. The minimum atomic E-state index is -0.228. The fraction of sp³-hybridized carbons (Fsp3) is 0.391. The van der Waals surface area contributed by atoms with Gasteiger partial charge in [0.05, 0.1) is 19.1 Å². The molecule has 30 heavy (non-hydrogen) atoms. The van der Waals surface area contributed by atoms with Crippen LogP contribution in [0.5, 0.6) is 11.5 Å². The molecule has 2 aliphatic rings. The molecule has 2 amide bonds. The van der Waals surface area contributed by atoms with E-state index in [9.17, 15) is 9.59 Å². The van der Waals surface area contributed by atoms with Crippen LogP contribution in [-0.2, 0) is 11.3 Å². The Balaban J connectivity index is 1.34. The quantitative estimate of drug-likeness (QED) is 0.791. The number of fused-ring (bicyclic) bond motifs is 1. The predicted molar refractivity (Wildman–Crippen MR) is 114 cm³/mol. The highest BCUT2D eigenvalue weighted by Crippen LogP contribution is 2.30. The second kappa shape index (κ2) is 9.07. The molecule has 1 unspecified atom stereocenters. The Bertz CT molecular complexity index is 913. The van der Waals surface area contributed by atoms with Crippen LogP contribution in [0.4, 0.5) is 5.69 Å². The molecule has 7 nitrogen and oxygen atoms in total. The van der Waals surface area contributed by atoms with Crippen LogP contribution in [0.25, 0.3) is 0 Å². The van der Waals surface area contributed by atoms with Crippen molar-refractivity contribution in [3.05, 3.63) is 53.6 Å². The lowest BCUT2D eigenvalue weighted by Gasteiger charge is -2.33. The molecule has 2 aromatic rings. The minimum Gasteiger partial charge on any atom is -0.490 e. The molecule has 4 rings (SSSR count). The van der Waals surface area contributed by atoms with Crippen molar-refractivity contribution in [3.63, 3.8) is 0 Å². The number of hydrogen-bond acceptors (Lipinski definition) is 5. The number of anilines is 1. The van der Waals surface area contributed by atoms with Gasteiger partial charge in [-0.25, -0.2) is 0 Å². The van der Waals surface area contributed by atoms with E-state index in [1.807, 2.05) is 24.3 Å². The van der Waals surface area contributed by atoms with E-state index in [1.54, 1.807) is 18.2 Å². The molecule has 1 saturated heterocycles. The summed E-state index contributed by atoms with van der Waals surface area (Å²) in [6, 6.07) is 13.3. The molecule has 7 heteroatoms. The number of carbonyl (C=O) groups excluding carboxylic acids is 2. The number of hydrogen-bond donors (Lipinski definition) is 2. The molecule has 3 N–H and O–H groups in total. The third-order valence-corrected chi connectivity index (χ3v) is 5.59.